The highest BCUT2D eigenvalue weighted by atomic mass is 19.1. The van der Waals surface area contributed by atoms with Gasteiger partial charge in [0.15, 0.2) is 0 Å². The van der Waals surface area contributed by atoms with Crippen LogP contribution in [-0.4, -0.2) is 5.11 Å². The summed E-state index contributed by atoms with van der Waals surface area (Å²) in [7, 11) is 0. The number of benzene rings is 1. The van der Waals surface area contributed by atoms with Crippen LogP contribution in [-0.2, 0) is 6.42 Å². The molecular formula is C9H7FO. The van der Waals surface area contributed by atoms with Gasteiger partial charge >= 0.3 is 0 Å². The number of hydrogen-bond acceptors (Lipinski definition) is 1. The Morgan fingerprint density at radius 3 is 2.91 bits per heavy atom. The lowest BCUT2D eigenvalue weighted by Crippen LogP contribution is -1.82. The minimum atomic E-state index is -0.276. The van der Waals surface area contributed by atoms with Crippen LogP contribution in [0.15, 0.2) is 24.3 Å². The Balaban J connectivity index is 2.76. The first-order chi connectivity index (χ1) is 5.33. The second-order valence-electron chi connectivity index (χ2n) is 2.10. The maximum absolute atomic E-state index is 12.5. The van der Waals surface area contributed by atoms with Crippen molar-refractivity contribution in [1.82, 2.24) is 0 Å². The van der Waals surface area contributed by atoms with Crippen molar-refractivity contribution in [3.8, 4) is 12.0 Å². The van der Waals surface area contributed by atoms with Crippen molar-refractivity contribution in [3.63, 3.8) is 0 Å². The minimum absolute atomic E-state index is 0.276. The molecule has 0 heterocycles. The van der Waals surface area contributed by atoms with Crippen LogP contribution in [0.3, 0.4) is 0 Å². The fraction of sp³-hybridized carbons (Fsp3) is 0.111. The highest BCUT2D eigenvalue weighted by molar-refractivity contribution is 5.20. The summed E-state index contributed by atoms with van der Waals surface area (Å²) in [6.45, 7) is 0. The molecule has 0 spiro atoms. The summed E-state index contributed by atoms with van der Waals surface area (Å²) in [5.41, 5.74) is 0.770. The van der Waals surface area contributed by atoms with Crippen LogP contribution < -0.4 is 0 Å². The summed E-state index contributed by atoms with van der Waals surface area (Å²) >= 11 is 0. The lowest BCUT2D eigenvalue weighted by molar-refractivity contribution is 0.516. The molecule has 1 nitrogen and oxygen atoms in total. The van der Waals surface area contributed by atoms with Crippen molar-refractivity contribution in [1.29, 1.82) is 0 Å². The summed E-state index contributed by atoms with van der Waals surface area (Å²) in [6, 6.07) is 6.14. The van der Waals surface area contributed by atoms with Gasteiger partial charge in [-0.25, -0.2) is 4.39 Å². The lowest BCUT2D eigenvalue weighted by Gasteiger charge is -1.92. The molecule has 11 heavy (non-hydrogen) atoms. The molecule has 0 aliphatic carbocycles. The number of hydrogen-bond donors (Lipinski definition) is 1. The highest BCUT2D eigenvalue weighted by Crippen LogP contribution is 2.02. The highest BCUT2D eigenvalue weighted by Gasteiger charge is 1.91. The Bertz CT molecular complexity index is 296. The summed E-state index contributed by atoms with van der Waals surface area (Å²) < 4.78 is 12.5. The van der Waals surface area contributed by atoms with E-state index in [-0.39, 0.29) is 5.82 Å². The molecule has 0 unspecified atom stereocenters. The van der Waals surface area contributed by atoms with Gasteiger partial charge in [-0.3, -0.25) is 0 Å². The zero-order valence-electron chi connectivity index (χ0n) is 5.84. The van der Waals surface area contributed by atoms with Gasteiger partial charge in [-0.15, -0.1) is 0 Å². The third kappa shape index (κ3) is 2.30. The van der Waals surface area contributed by atoms with Crippen LogP contribution in [0.4, 0.5) is 4.39 Å². The largest absolute Gasteiger partial charge is 0.462 e. The van der Waals surface area contributed by atoms with Gasteiger partial charge < -0.3 is 5.11 Å². The fourth-order valence-corrected chi connectivity index (χ4v) is 0.789. The van der Waals surface area contributed by atoms with Gasteiger partial charge in [-0.05, 0) is 17.7 Å². The molecule has 0 bridgehead atoms. The zero-order chi connectivity index (χ0) is 8.10. The Kier molecular flexibility index (Phi) is 2.51. The van der Waals surface area contributed by atoms with Gasteiger partial charge in [0.1, 0.15) is 11.9 Å². The maximum atomic E-state index is 12.5. The molecule has 0 saturated carbocycles. The van der Waals surface area contributed by atoms with Gasteiger partial charge in [0.2, 0.25) is 0 Å². The van der Waals surface area contributed by atoms with E-state index in [0.717, 1.165) is 5.56 Å². The molecule has 0 amide bonds. The van der Waals surface area contributed by atoms with E-state index < -0.39 is 0 Å². The van der Waals surface area contributed by atoms with Crippen molar-refractivity contribution in [3.05, 3.63) is 35.6 Å². The van der Waals surface area contributed by atoms with Crippen molar-refractivity contribution in [2.75, 3.05) is 0 Å². The standard InChI is InChI=1S/C9H7FO/c10-9-5-1-3-8(7-9)4-2-6-11/h1,3,5,7,11H,4H2. The molecule has 0 radical (unpaired) electrons. The van der Waals surface area contributed by atoms with Gasteiger partial charge in [0.25, 0.3) is 0 Å². The molecule has 1 aromatic rings. The van der Waals surface area contributed by atoms with Gasteiger partial charge in [0.05, 0.1) is 0 Å². The molecule has 0 aliphatic rings. The van der Waals surface area contributed by atoms with E-state index in [1.54, 1.807) is 18.2 Å². The van der Waals surface area contributed by atoms with E-state index in [0.29, 0.717) is 6.42 Å². The number of halogens is 1. The smallest absolute Gasteiger partial charge is 0.123 e. The van der Waals surface area contributed by atoms with Crippen molar-refractivity contribution >= 4 is 0 Å². The predicted octanol–water partition coefficient (Wildman–Crippen LogP) is 1.70. The number of aliphatic hydroxyl groups is 1. The molecule has 0 aliphatic heterocycles. The first kappa shape index (κ1) is 7.62. The number of aliphatic hydroxyl groups excluding tert-OH is 1. The number of rotatable bonds is 1. The van der Waals surface area contributed by atoms with E-state index in [2.05, 4.69) is 5.92 Å². The van der Waals surface area contributed by atoms with E-state index in [1.165, 1.54) is 12.1 Å². The minimum Gasteiger partial charge on any atom is -0.462 e. The molecular weight excluding hydrogens is 143 g/mol. The molecule has 56 valence electrons. The molecule has 0 atom stereocenters. The summed E-state index contributed by atoms with van der Waals surface area (Å²) in [6.07, 6.45) is 2.15. The summed E-state index contributed by atoms with van der Waals surface area (Å²) in [5, 5.41) is 8.14. The summed E-state index contributed by atoms with van der Waals surface area (Å²) in [5.74, 6) is 2.15. The Morgan fingerprint density at radius 1 is 1.45 bits per heavy atom. The first-order valence-electron chi connectivity index (χ1n) is 3.19. The van der Waals surface area contributed by atoms with Crippen molar-refractivity contribution in [2.24, 2.45) is 0 Å². The fourth-order valence-electron chi connectivity index (χ4n) is 0.789. The van der Waals surface area contributed by atoms with Gasteiger partial charge in [-0.1, -0.05) is 18.1 Å². The average molecular weight is 150 g/mol. The molecule has 0 fully saturated rings. The first-order valence-corrected chi connectivity index (χ1v) is 3.19. The third-order valence-corrected chi connectivity index (χ3v) is 1.26. The van der Waals surface area contributed by atoms with E-state index >= 15 is 0 Å². The Hall–Kier alpha value is -1.49. The predicted molar refractivity (Wildman–Crippen MR) is 39.8 cm³/mol. The molecule has 0 saturated heterocycles. The van der Waals surface area contributed by atoms with E-state index in [9.17, 15) is 4.39 Å². The van der Waals surface area contributed by atoms with E-state index in [1.807, 2.05) is 0 Å². The molecule has 1 aromatic carbocycles. The van der Waals surface area contributed by atoms with Crippen molar-refractivity contribution < 1.29 is 9.50 Å². The quantitative estimate of drug-likeness (QED) is 0.604. The molecule has 1 N–H and O–H groups in total. The zero-order valence-corrected chi connectivity index (χ0v) is 5.84. The maximum Gasteiger partial charge on any atom is 0.123 e. The molecule has 2 heteroatoms. The topological polar surface area (TPSA) is 20.2 Å². The van der Waals surface area contributed by atoms with Crippen LogP contribution in [0.2, 0.25) is 0 Å². The second-order valence-corrected chi connectivity index (χ2v) is 2.10. The van der Waals surface area contributed by atoms with Crippen LogP contribution in [0, 0.1) is 17.8 Å². The van der Waals surface area contributed by atoms with Crippen LogP contribution in [0.5, 0.6) is 0 Å². The van der Waals surface area contributed by atoms with E-state index in [4.69, 9.17) is 5.11 Å². The lowest BCUT2D eigenvalue weighted by atomic mass is 10.2. The monoisotopic (exact) mass is 150 g/mol. The Morgan fingerprint density at radius 2 is 2.27 bits per heavy atom. The normalized spacial score (nSPS) is 8.45. The molecule has 1 rings (SSSR count). The summed E-state index contributed by atoms with van der Waals surface area (Å²) in [4.78, 5) is 0. The average Bonchev–Trinajstić information content (AvgIpc) is 2.01. The Labute approximate surface area is 64.5 Å². The third-order valence-electron chi connectivity index (χ3n) is 1.26. The SMILES string of the molecule is OC#CCc1cccc(F)c1. The van der Waals surface area contributed by atoms with Crippen LogP contribution in [0.25, 0.3) is 0 Å². The molecule has 0 aromatic heterocycles. The van der Waals surface area contributed by atoms with Crippen molar-refractivity contribution in [2.45, 2.75) is 6.42 Å². The van der Waals surface area contributed by atoms with Crippen LogP contribution >= 0.6 is 0 Å². The second kappa shape index (κ2) is 3.62. The van der Waals surface area contributed by atoms with Crippen LogP contribution in [0.1, 0.15) is 5.56 Å². The van der Waals surface area contributed by atoms with Gasteiger partial charge in [0, 0.05) is 6.42 Å². The van der Waals surface area contributed by atoms with Gasteiger partial charge in [-0.2, -0.15) is 0 Å².